The lowest BCUT2D eigenvalue weighted by atomic mass is 9.87. The highest BCUT2D eigenvalue weighted by Crippen LogP contribution is 2.34. The van der Waals surface area contributed by atoms with Gasteiger partial charge in [0.1, 0.15) is 23.2 Å². The lowest BCUT2D eigenvalue weighted by molar-refractivity contribution is -0.142. The summed E-state index contributed by atoms with van der Waals surface area (Å²) in [6.07, 6.45) is 9.02. The lowest BCUT2D eigenvalue weighted by Crippen LogP contribution is -2.58. The van der Waals surface area contributed by atoms with Gasteiger partial charge < -0.3 is 35.5 Å². The third-order valence-corrected chi connectivity index (χ3v) is 13.0. The third kappa shape index (κ3) is 8.47. The van der Waals surface area contributed by atoms with Gasteiger partial charge in [-0.05, 0) is 137 Å². The Kier molecular flexibility index (Phi) is 11.5. The van der Waals surface area contributed by atoms with Gasteiger partial charge in [-0.3, -0.25) is 19.2 Å². The highest BCUT2D eigenvalue weighted by atomic mass is 16.4. The summed E-state index contributed by atoms with van der Waals surface area (Å²) in [4.78, 5) is 63.6. The van der Waals surface area contributed by atoms with Gasteiger partial charge in [0.2, 0.25) is 29.5 Å². The molecule has 4 aromatic carbocycles. The Morgan fingerprint density at radius 1 is 0.607 bits per heavy atom. The fourth-order valence-corrected chi connectivity index (χ4v) is 9.84. The van der Waals surface area contributed by atoms with Crippen molar-refractivity contribution in [2.24, 2.45) is 0 Å². The number of anilines is 2. The number of nitrogens with zero attached hydrogens (tertiary/aromatic N) is 3. The fraction of sp³-hybridized carbons (Fsp3) is 0.367. The largest absolute Gasteiger partial charge is 0.436 e. The highest BCUT2D eigenvalue weighted by Gasteiger charge is 2.49. The molecule has 9 rings (SSSR count). The van der Waals surface area contributed by atoms with Gasteiger partial charge in [0.25, 0.3) is 0 Å². The van der Waals surface area contributed by atoms with E-state index < -0.39 is 23.2 Å². The van der Waals surface area contributed by atoms with Crippen molar-refractivity contribution in [2.45, 2.75) is 87.4 Å². The molecule has 5 aromatic rings. The molecule has 61 heavy (non-hydrogen) atoms. The standard InChI is InChI=1S/C49H53N7O5/c57-43(40-15-7-29-55(40)46(59)48(25-9-27-51-48)31-34-11-3-1-4-12-34)53-38-21-17-36(18-22-38)42-33-50-45(61-42)37-19-23-39(24-20-37)54-44(58)41-16-8-30-56(41)47(60)49(26-10-28-52-49)32-35-13-5-2-6-14-35/h1-6,11-14,17-24,33,40-41,51-52H,7-10,15-16,25-32H2,(H,53,57)(H,54,58). The normalized spacial score (nSPS) is 23.6. The quantitative estimate of drug-likeness (QED) is 0.110. The first-order valence-electron chi connectivity index (χ1n) is 21.8. The molecule has 0 saturated carbocycles. The van der Waals surface area contributed by atoms with E-state index in [4.69, 9.17) is 4.42 Å². The molecule has 4 amide bonds. The highest BCUT2D eigenvalue weighted by molar-refractivity contribution is 6.00. The van der Waals surface area contributed by atoms with Crippen molar-refractivity contribution in [1.82, 2.24) is 25.4 Å². The predicted octanol–water partition coefficient (Wildman–Crippen LogP) is 6.60. The van der Waals surface area contributed by atoms with E-state index in [1.165, 1.54) is 0 Å². The van der Waals surface area contributed by atoms with Crippen molar-refractivity contribution >= 4 is 35.0 Å². The van der Waals surface area contributed by atoms with Crippen molar-refractivity contribution in [3.8, 4) is 22.8 Å². The number of oxazole rings is 1. The summed E-state index contributed by atoms with van der Waals surface area (Å²) in [5, 5.41) is 13.1. The predicted molar refractivity (Wildman–Crippen MR) is 234 cm³/mol. The van der Waals surface area contributed by atoms with Gasteiger partial charge in [0.15, 0.2) is 5.76 Å². The van der Waals surface area contributed by atoms with Gasteiger partial charge in [0, 0.05) is 35.6 Å². The number of likely N-dealkylation sites (tertiary alicyclic amines) is 2. The van der Waals surface area contributed by atoms with Crippen LogP contribution in [0.5, 0.6) is 0 Å². The minimum Gasteiger partial charge on any atom is -0.436 e. The average molecular weight is 820 g/mol. The van der Waals surface area contributed by atoms with Gasteiger partial charge in [-0.25, -0.2) is 4.98 Å². The Morgan fingerprint density at radius 2 is 1.07 bits per heavy atom. The number of nitrogens with one attached hydrogen (secondary N) is 4. The van der Waals surface area contributed by atoms with E-state index >= 15 is 0 Å². The lowest BCUT2D eigenvalue weighted by Gasteiger charge is -2.35. The Balaban J connectivity index is 0.801. The zero-order chi connectivity index (χ0) is 41.8. The molecule has 4 aliphatic rings. The summed E-state index contributed by atoms with van der Waals surface area (Å²) in [5.41, 5.74) is 3.62. The second-order valence-corrected chi connectivity index (χ2v) is 17.0. The summed E-state index contributed by atoms with van der Waals surface area (Å²) in [5.74, 6) is 0.644. The maximum Gasteiger partial charge on any atom is 0.247 e. The van der Waals surface area contributed by atoms with E-state index in [0.29, 0.717) is 61.8 Å². The van der Waals surface area contributed by atoms with Crippen LogP contribution in [0.15, 0.2) is 120 Å². The summed E-state index contributed by atoms with van der Waals surface area (Å²) < 4.78 is 6.16. The molecule has 12 heteroatoms. The van der Waals surface area contributed by atoms with Crippen LogP contribution in [0, 0.1) is 0 Å². The fourth-order valence-electron chi connectivity index (χ4n) is 9.84. The van der Waals surface area contributed by atoms with Crippen LogP contribution in [0.1, 0.15) is 62.5 Å². The molecule has 12 nitrogen and oxygen atoms in total. The number of aromatic nitrogens is 1. The molecule has 0 spiro atoms. The number of carbonyl (C=O) groups is 4. The second kappa shape index (κ2) is 17.5. The number of benzene rings is 4. The maximum absolute atomic E-state index is 14.1. The number of rotatable bonds is 12. The van der Waals surface area contributed by atoms with Crippen molar-refractivity contribution in [3.05, 3.63) is 127 Å². The SMILES string of the molecule is O=C(Nc1ccc(-c2cnc(-c3ccc(NC(=O)C4CCCN4C(=O)C4(Cc5ccccc5)CCCN4)cc3)o2)cc1)C1CCCN1C(=O)C1(Cc2ccccc2)CCCN1. The molecule has 0 bridgehead atoms. The Hall–Kier alpha value is -6.11. The molecular formula is C49H53N7O5. The molecule has 4 unspecified atom stereocenters. The van der Waals surface area contributed by atoms with E-state index in [0.717, 1.165) is 73.9 Å². The maximum atomic E-state index is 14.1. The first-order valence-corrected chi connectivity index (χ1v) is 21.8. The van der Waals surface area contributed by atoms with E-state index in [2.05, 4.69) is 50.5 Å². The zero-order valence-electron chi connectivity index (χ0n) is 34.4. The van der Waals surface area contributed by atoms with Crippen LogP contribution in [-0.4, -0.2) is 87.8 Å². The molecule has 4 N–H and O–H groups in total. The molecule has 4 fully saturated rings. The van der Waals surface area contributed by atoms with Gasteiger partial charge in [-0.2, -0.15) is 0 Å². The average Bonchev–Trinajstić information content (AvgIpc) is 4.15. The van der Waals surface area contributed by atoms with Crippen LogP contribution < -0.4 is 21.3 Å². The number of carbonyl (C=O) groups excluding carboxylic acids is 4. The van der Waals surface area contributed by atoms with E-state index in [1.54, 1.807) is 16.0 Å². The van der Waals surface area contributed by atoms with Crippen molar-refractivity contribution < 1.29 is 23.6 Å². The first kappa shape index (κ1) is 40.3. The molecule has 0 aliphatic carbocycles. The van der Waals surface area contributed by atoms with Crippen LogP contribution >= 0.6 is 0 Å². The van der Waals surface area contributed by atoms with Gasteiger partial charge in [-0.15, -0.1) is 0 Å². The van der Waals surface area contributed by atoms with Crippen LogP contribution in [-0.2, 0) is 32.0 Å². The molecule has 5 heterocycles. The number of hydrogen-bond donors (Lipinski definition) is 4. The second-order valence-electron chi connectivity index (χ2n) is 17.0. The van der Waals surface area contributed by atoms with E-state index in [-0.39, 0.29) is 23.6 Å². The number of hydrogen-bond acceptors (Lipinski definition) is 8. The molecule has 1 aromatic heterocycles. The summed E-state index contributed by atoms with van der Waals surface area (Å²) in [7, 11) is 0. The van der Waals surface area contributed by atoms with Crippen LogP contribution in [0.2, 0.25) is 0 Å². The van der Waals surface area contributed by atoms with Crippen LogP contribution in [0.3, 0.4) is 0 Å². The summed E-state index contributed by atoms with van der Waals surface area (Å²) in [6, 6.07) is 33.8. The summed E-state index contributed by atoms with van der Waals surface area (Å²) >= 11 is 0. The van der Waals surface area contributed by atoms with Crippen LogP contribution in [0.4, 0.5) is 11.4 Å². The van der Waals surface area contributed by atoms with E-state index in [1.807, 2.05) is 84.9 Å². The first-order chi connectivity index (χ1) is 29.8. The van der Waals surface area contributed by atoms with Crippen molar-refractivity contribution in [1.29, 1.82) is 0 Å². The minimum absolute atomic E-state index is 0.00888. The third-order valence-electron chi connectivity index (χ3n) is 13.0. The Labute approximate surface area is 356 Å². The van der Waals surface area contributed by atoms with E-state index in [9.17, 15) is 19.2 Å². The molecular weight excluding hydrogens is 767 g/mol. The molecule has 314 valence electrons. The molecule has 4 atom stereocenters. The zero-order valence-corrected chi connectivity index (χ0v) is 34.4. The Morgan fingerprint density at radius 3 is 1.51 bits per heavy atom. The van der Waals surface area contributed by atoms with Gasteiger partial charge in [-0.1, -0.05) is 60.7 Å². The topological polar surface area (TPSA) is 149 Å². The van der Waals surface area contributed by atoms with Gasteiger partial charge in [0.05, 0.1) is 6.20 Å². The van der Waals surface area contributed by atoms with Crippen molar-refractivity contribution in [2.75, 3.05) is 36.8 Å². The molecule has 0 radical (unpaired) electrons. The monoisotopic (exact) mass is 819 g/mol. The molecule has 4 saturated heterocycles. The van der Waals surface area contributed by atoms with Crippen LogP contribution in [0.25, 0.3) is 22.8 Å². The Bertz CT molecular complexity index is 2170. The minimum atomic E-state index is -0.695. The van der Waals surface area contributed by atoms with Crippen molar-refractivity contribution in [3.63, 3.8) is 0 Å². The van der Waals surface area contributed by atoms with Gasteiger partial charge >= 0.3 is 0 Å². The summed E-state index contributed by atoms with van der Waals surface area (Å²) in [6.45, 7) is 2.70. The molecule has 4 aliphatic heterocycles. The number of amides is 4. The smallest absolute Gasteiger partial charge is 0.247 e.